The molecule has 0 atom stereocenters. The molecule has 0 bridgehead atoms. The second-order valence-corrected chi connectivity index (χ2v) is 0. The van der Waals surface area contributed by atoms with Crippen LogP contribution in [0.5, 0.6) is 0 Å². The van der Waals surface area contributed by atoms with E-state index in [1.807, 2.05) is 0 Å². The molecule has 0 amide bonds. The Hall–Kier alpha value is -2.17. The van der Waals surface area contributed by atoms with Crippen LogP contribution in [0.25, 0.3) is 0 Å². The Labute approximate surface area is 115 Å². The van der Waals surface area contributed by atoms with Crippen molar-refractivity contribution in [3.8, 4) is 0 Å². The summed E-state index contributed by atoms with van der Waals surface area (Å²) in [5.74, 6) is 0. The van der Waals surface area contributed by atoms with Gasteiger partial charge in [-0.25, -0.2) is 0 Å². The summed E-state index contributed by atoms with van der Waals surface area (Å²) in [5, 5.41) is 0. The molecule has 0 spiro atoms. The molecule has 113 valence electrons. The van der Waals surface area contributed by atoms with E-state index in [1.165, 1.54) is 0 Å². The van der Waals surface area contributed by atoms with Gasteiger partial charge >= 0.3 is 0 Å². The molecule has 0 rings (SSSR count). The van der Waals surface area contributed by atoms with Crippen LogP contribution in [0.4, 0.5) is 0 Å². The minimum atomic E-state index is 0. The predicted molar refractivity (Wildman–Crippen MR) is 57.6 cm³/mol. The number of rotatable bonds is 0. The van der Waals surface area contributed by atoms with E-state index in [4.69, 9.17) is 38.4 Å². The average Bonchev–Trinajstić information content (AvgIpc) is 2.54. The molecule has 0 heterocycles. The summed E-state index contributed by atoms with van der Waals surface area (Å²) < 4.78 is 0. The molecule has 0 aliphatic rings. The molecule has 1 radical (unpaired) electrons. The topological polar surface area (TPSA) is 168 Å². The maximum absolute atomic E-state index is 7.75. The fourth-order valence-electron chi connectivity index (χ4n) is 0. The normalized spacial score (nSPS) is 1.78. The Morgan fingerprint density at radius 2 is 0.278 bits per heavy atom. The van der Waals surface area contributed by atoms with E-state index in [2.05, 4.69) is 54.3 Å². The van der Waals surface area contributed by atoms with Crippen molar-refractivity contribution in [3.05, 3.63) is 0 Å². The summed E-state index contributed by atoms with van der Waals surface area (Å²) in [6, 6.07) is 0. The summed E-state index contributed by atoms with van der Waals surface area (Å²) in [4.78, 5) is 62.0. The monoisotopic (exact) mass is 309 g/mol. The smallest absolute Gasteiger partial charge is 0 e. The van der Waals surface area contributed by atoms with Crippen LogP contribution in [-0.4, -0.2) is 59.8 Å². The first-order valence-corrected chi connectivity index (χ1v) is 1.89. The van der Waals surface area contributed by atoms with Gasteiger partial charge in [-0.1, -0.05) is 0 Å². The van der Waals surface area contributed by atoms with Crippen LogP contribution in [-0.2, 0) is 55.1 Å². The van der Waals surface area contributed by atoms with Crippen molar-refractivity contribution >= 4 is 54.3 Å². The molecule has 9 nitrogen and oxygen atoms in total. The molecule has 0 aromatic heterocycles. The molecule has 0 aliphatic heterocycles. The summed E-state index contributed by atoms with van der Waals surface area (Å²) in [5.41, 5.74) is 0. The zero-order valence-corrected chi connectivity index (χ0v) is 9.76. The van der Waals surface area contributed by atoms with Gasteiger partial charge in [-0.15, -0.1) is 0 Å². The third-order valence-corrected chi connectivity index (χ3v) is 0. The first kappa shape index (κ1) is 102. The van der Waals surface area contributed by atoms with Gasteiger partial charge in [-0.3, -0.25) is 54.3 Å². The summed E-state index contributed by atoms with van der Waals surface area (Å²) >= 11 is 0. The average molecular weight is 309 g/mol. The molecule has 2 N–H and O–H groups in total. The van der Waals surface area contributed by atoms with Gasteiger partial charge in [-0.05, 0) is 0 Å². The van der Waals surface area contributed by atoms with Crippen molar-refractivity contribution in [3.63, 3.8) is 0 Å². The number of hydrogen-bond donors (Lipinski definition) is 0. The second kappa shape index (κ2) is 600. The maximum Gasteiger partial charge on any atom is 0 e. The molecule has 0 aromatic rings. The maximum atomic E-state index is 7.75. The van der Waals surface area contributed by atoms with Crippen molar-refractivity contribution < 1.29 is 60.6 Å². The van der Waals surface area contributed by atoms with Crippen molar-refractivity contribution in [2.24, 2.45) is 0 Å². The van der Waals surface area contributed by atoms with Crippen molar-refractivity contribution in [2.75, 3.05) is 0 Å². The van der Waals surface area contributed by atoms with Crippen molar-refractivity contribution in [1.29, 1.82) is 0 Å². The number of carbonyl (C=O) groups excluding carboxylic acids is 8. The molecule has 0 fully saturated rings. The molecule has 10 heteroatoms. The minimum absolute atomic E-state index is 0. The largest absolute Gasteiger partial charge is 0.545 e. The van der Waals surface area contributed by atoms with Crippen molar-refractivity contribution in [2.45, 2.75) is 0 Å². The van der Waals surface area contributed by atoms with E-state index >= 15 is 0 Å². The summed E-state index contributed by atoms with van der Waals surface area (Å²) in [6.45, 7) is 26.0. The summed E-state index contributed by atoms with van der Waals surface area (Å²) in [7, 11) is 0. The fourth-order valence-corrected chi connectivity index (χ4v) is 0. The Kier molecular flexibility index (Phi) is 3420. The standard InChI is InChI=1S/8CHO.Co.H2O/c8*1-2;;/h8*1H;;1H2/q8*-1;;. The van der Waals surface area contributed by atoms with E-state index in [1.54, 1.807) is 0 Å². The Balaban J connectivity index is -0.00000000500. The van der Waals surface area contributed by atoms with Crippen LogP contribution in [0.3, 0.4) is 0 Å². The van der Waals surface area contributed by atoms with Crippen LogP contribution in [0.1, 0.15) is 0 Å². The van der Waals surface area contributed by atoms with Crippen LogP contribution in [0.2, 0.25) is 0 Å². The molecule has 0 saturated carbocycles. The van der Waals surface area contributed by atoms with Gasteiger partial charge in [0.2, 0.25) is 0 Å². The van der Waals surface area contributed by atoms with E-state index in [9.17, 15) is 0 Å². The first-order valence-electron chi connectivity index (χ1n) is 1.89. The molecular formula is C8H10CoO9-8. The third-order valence-electron chi connectivity index (χ3n) is 0. The van der Waals surface area contributed by atoms with Crippen LogP contribution in [0, 0.1) is 0 Å². The molecular weight excluding hydrogens is 299 g/mol. The fraction of sp³-hybridized carbons (Fsp3) is 0. The van der Waals surface area contributed by atoms with E-state index < -0.39 is 0 Å². The zero-order chi connectivity index (χ0) is 16.0. The van der Waals surface area contributed by atoms with E-state index in [-0.39, 0.29) is 22.3 Å². The van der Waals surface area contributed by atoms with Gasteiger partial charge in [0.25, 0.3) is 0 Å². The second-order valence-electron chi connectivity index (χ2n) is 0. The van der Waals surface area contributed by atoms with Gasteiger partial charge < -0.3 is 43.8 Å². The predicted octanol–water partition coefficient (Wildman–Crippen LogP) is -3.02. The minimum Gasteiger partial charge on any atom is -0.545 e. The third kappa shape index (κ3) is 482. The molecule has 0 aromatic carbocycles. The number of hydrogen-bond acceptors (Lipinski definition) is 8. The SMILES string of the molecule is O.[CH-]=O.[CH-]=O.[CH-]=O.[CH-]=O.[CH-]=O.[CH-]=O.[CH-]=O.[CH-]=O.[Co]. The Morgan fingerprint density at radius 3 is 0.278 bits per heavy atom. The van der Waals surface area contributed by atoms with Crippen LogP contribution in [0.15, 0.2) is 0 Å². The van der Waals surface area contributed by atoms with Gasteiger partial charge in [0.15, 0.2) is 0 Å². The molecule has 0 unspecified atom stereocenters. The quantitative estimate of drug-likeness (QED) is 0.336. The van der Waals surface area contributed by atoms with Crippen LogP contribution >= 0.6 is 0 Å². The Bertz CT molecular complexity index is 46.5. The molecule has 18 heavy (non-hydrogen) atoms. The van der Waals surface area contributed by atoms with Gasteiger partial charge in [0, 0.05) is 16.8 Å². The zero-order valence-electron chi connectivity index (χ0n) is 8.72. The van der Waals surface area contributed by atoms with Gasteiger partial charge in [0.05, 0.1) is 0 Å². The van der Waals surface area contributed by atoms with Crippen LogP contribution < -0.4 is 0 Å². The Morgan fingerprint density at radius 1 is 0.278 bits per heavy atom. The van der Waals surface area contributed by atoms with E-state index in [0.29, 0.717) is 0 Å². The van der Waals surface area contributed by atoms with Crippen molar-refractivity contribution in [1.82, 2.24) is 0 Å². The van der Waals surface area contributed by atoms with E-state index in [0.717, 1.165) is 0 Å². The summed E-state index contributed by atoms with van der Waals surface area (Å²) in [6.07, 6.45) is 0. The molecule has 0 aliphatic carbocycles. The van der Waals surface area contributed by atoms with Gasteiger partial charge in [0.1, 0.15) is 0 Å². The molecule has 0 saturated heterocycles. The van der Waals surface area contributed by atoms with Gasteiger partial charge in [-0.2, -0.15) is 0 Å². The first-order chi connectivity index (χ1) is 8.00.